The number of carbonyl (C=O) groups excluding carboxylic acids is 1. The first-order valence-electron chi connectivity index (χ1n) is 7.44. The minimum atomic E-state index is -0.108. The molecule has 1 atom stereocenters. The summed E-state index contributed by atoms with van der Waals surface area (Å²) < 4.78 is 0. The van der Waals surface area contributed by atoms with Crippen LogP contribution in [0.3, 0.4) is 0 Å². The molecule has 0 bridgehead atoms. The second-order valence-electron chi connectivity index (χ2n) is 5.55. The van der Waals surface area contributed by atoms with Crippen molar-refractivity contribution in [3.05, 3.63) is 60.2 Å². The Balaban J connectivity index is 0.00000264. The lowest BCUT2D eigenvalue weighted by Crippen LogP contribution is -2.16. The highest BCUT2D eigenvalue weighted by atomic mass is 35.5. The number of benzene rings is 2. The lowest BCUT2D eigenvalue weighted by atomic mass is 10.0. The van der Waals surface area contributed by atoms with E-state index in [4.69, 9.17) is 5.73 Å². The molecule has 0 aliphatic heterocycles. The highest BCUT2D eigenvalue weighted by Gasteiger charge is 2.09. The van der Waals surface area contributed by atoms with Crippen LogP contribution in [0.5, 0.6) is 0 Å². The molecule has 1 amide bonds. The van der Waals surface area contributed by atoms with Gasteiger partial charge in [-0.15, -0.1) is 12.4 Å². The van der Waals surface area contributed by atoms with Gasteiger partial charge in [-0.2, -0.15) is 0 Å². The molecule has 124 valence electrons. The predicted octanol–water partition coefficient (Wildman–Crippen LogP) is 3.59. The molecule has 0 heterocycles. The quantitative estimate of drug-likeness (QED) is 0.849. The van der Waals surface area contributed by atoms with Crippen LogP contribution in [0.15, 0.2) is 54.6 Å². The maximum absolute atomic E-state index is 12.0. The minimum Gasteiger partial charge on any atom is -0.378 e. The van der Waals surface area contributed by atoms with Crippen LogP contribution in [-0.4, -0.2) is 20.0 Å². The van der Waals surface area contributed by atoms with Crippen LogP contribution in [0.4, 0.5) is 11.4 Å². The molecule has 0 aliphatic carbocycles. The summed E-state index contributed by atoms with van der Waals surface area (Å²) in [6, 6.07) is 17.5. The Labute approximate surface area is 144 Å². The number of halogens is 1. The molecular formula is C18H24ClN3O. The fourth-order valence-corrected chi connectivity index (χ4v) is 2.22. The lowest BCUT2D eigenvalue weighted by molar-refractivity contribution is -0.116. The van der Waals surface area contributed by atoms with E-state index in [1.807, 2.05) is 73.6 Å². The number of nitrogens with zero attached hydrogens (tertiary/aromatic N) is 1. The van der Waals surface area contributed by atoms with Gasteiger partial charge in [0.2, 0.25) is 5.91 Å². The van der Waals surface area contributed by atoms with Crippen molar-refractivity contribution in [3.8, 4) is 0 Å². The standard InChI is InChI=1S/C18H23N3O.ClH/c1-21(2)16-10-8-15(9-11-16)20-18(22)13-12-17(19)14-6-4-3-5-7-14;/h3-11,17H,12-13,19H2,1-2H3,(H,20,22);1H. The molecule has 0 saturated heterocycles. The summed E-state index contributed by atoms with van der Waals surface area (Å²) in [7, 11) is 3.97. The molecule has 0 aliphatic rings. The topological polar surface area (TPSA) is 58.4 Å². The van der Waals surface area contributed by atoms with Gasteiger partial charge in [-0.3, -0.25) is 4.79 Å². The minimum absolute atomic E-state index is 0. The van der Waals surface area contributed by atoms with E-state index in [1.165, 1.54) is 0 Å². The first-order valence-corrected chi connectivity index (χ1v) is 7.44. The van der Waals surface area contributed by atoms with Gasteiger partial charge in [0.1, 0.15) is 0 Å². The van der Waals surface area contributed by atoms with Crippen LogP contribution in [0.25, 0.3) is 0 Å². The summed E-state index contributed by atoms with van der Waals surface area (Å²) in [5.74, 6) is -0.0102. The van der Waals surface area contributed by atoms with Crippen LogP contribution < -0.4 is 16.0 Å². The molecule has 23 heavy (non-hydrogen) atoms. The fraction of sp³-hybridized carbons (Fsp3) is 0.278. The Morgan fingerprint density at radius 3 is 2.26 bits per heavy atom. The van der Waals surface area contributed by atoms with Crippen molar-refractivity contribution in [1.82, 2.24) is 0 Å². The van der Waals surface area contributed by atoms with Gasteiger partial charge in [0.25, 0.3) is 0 Å². The van der Waals surface area contributed by atoms with Crippen LogP contribution in [0, 0.1) is 0 Å². The summed E-state index contributed by atoms with van der Waals surface area (Å²) in [5.41, 5.74) is 9.08. The highest BCUT2D eigenvalue weighted by molar-refractivity contribution is 5.90. The third kappa shape index (κ3) is 5.93. The zero-order chi connectivity index (χ0) is 15.9. The van der Waals surface area contributed by atoms with Crippen molar-refractivity contribution in [1.29, 1.82) is 0 Å². The number of anilines is 2. The summed E-state index contributed by atoms with van der Waals surface area (Å²) in [4.78, 5) is 14.0. The van der Waals surface area contributed by atoms with Crippen LogP contribution in [-0.2, 0) is 4.79 Å². The molecule has 2 rings (SSSR count). The van der Waals surface area contributed by atoms with E-state index in [0.717, 1.165) is 16.9 Å². The zero-order valence-corrected chi connectivity index (χ0v) is 14.3. The van der Waals surface area contributed by atoms with E-state index in [1.54, 1.807) is 0 Å². The second-order valence-corrected chi connectivity index (χ2v) is 5.55. The first-order chi connectivity index (χ1) is 10.6. The van der Waals surface area contributed by atoms with E-state index < -0.39 is 0 Å². The summed E-state index contributed by atoms with van der Waals surface area (Å²) >= 11 is 0. The van der Waals surface area contributed by atoms with Gasteiger partial charge in [0, 0.05) is 37.9 Å². The smallest absolute Gasteiger partial charge is 0.224 e. The van der Waals surface area contributed by atoms with Crippen LogP contribution >= 0.6 is 12.4 Å². The molecule has 0 spiro atoms. The normalized spacial score (nSPS) is 11.3. The largest absolute Gasteiger partial charge is 0.378 e. The molecule has 5 heteroatoms. The maximum Gasteiger partial charge on any atom is 0.224 e. The van der Waals surface area contributed by atoms with E-state index in [0.29, 0.717) is 12.8 Å². The van der Waals surface area contributed by atoms with Gasteiger partial charge in [-0.1, -0.05) is 30.3 Å². The van der Waals surface area contributed by atoms with E-state index >= 15 is 0 Å². The average Bonchev–Trinajstić information content (AvgIpc) is 2.54. The monoisotopic (exact) mass is 333 g/mol. The van der Waals surface area contributed by atoms with Crippen LogP contribution in [0.2, 0.25) is 0 Å². The van der Waals surface area contributed by atoms with Crippen LogP contribution in [0.1, 0.15) is 24.4 Å². The van der Waals surface area contributed by atoms with Gasteiger partial charge in [0.15, 0.2) is 0 Å². The van der Waals surface area contributed by atoms with Gasteiger partial charge in [-0.05, 0) is 36.2 Å². The molecule has 2 aromatic rings. The SMILES string of the molecule is CN(C)c1ccc(NC(=O)CCC(N)c2ccccc2)cc1.Cl. The van der Waals surface area contributed by atoms with Gasteiger partial charge in [0.05, 0.1) is 0 Å². The highest BCUT2D eigenvalue weighted by Crippen LogP contribution is 2.18. The van der Waals surface area contributed by atoms with E-state index in [-0.39, 0.29) is 24.4 Å². The zero-order valence-electron chi connectivity index (χ0n) is 13.5. The van der Waals surface area contributed by atoms with Crippen molar-refractivity contribution in [3.63, 3.8) is 0 Å². The third-order valence-corrected chi connectivity index (χ3v) is 3.58. The van der Waals surface area contributed by atoms with Gasteiger partial charge >= 0.3 is 0 Å². The molecule has 0 saturated carbocycles. The van der Waals surface area contributed by atoms with Crippen molar-refractivity contribution in [2.45, 2.75) is 18.9 Å². The molecule has 1 unspecified atom stereocenters. The van der Waals surface area contributed by atoms with E-state index in [9.17, 15) is 4.79 Å². The number of carbonyl (C=O) groups is 1. The Morgan fingerprint density at radius 2 is 1.70 bits per heavy atom. The number of hydrogen-bond donors (Lipinski definition) is 2. The van der Waals surface area contributed by atoms with Crippen molar-refractivity contribution >= 4 is 29.7 Å². The molecule has 4 nitrogen and oxygen atoms in total. The molecule has 0 fully saturated rings. The number of nitrogens with one attached hydrogen (secondary N) is 1. The summed E-state index contributed by atoms with van der Waals surface area (Å²) in [5, 5.41) is 2.90. The predicted molar refractivity (Wildman–Crippen MR) is 99.3 cm³/mol. The second kappa shape index (κ2) is 9.18. The lowest BCUT2D eigenvalue weighted by Gasteiger charge is -2.14. The summed E-state index contributed by atoms with van der Waals surface area (Å²) in [6.07, 6.45) is 1.04. The Morgan fingerprint density at radius 1 is 1.09 bits per heavy atom. The molecule has 2 aromatic carbocycles. The number of hydrogen-bond acceptors (Lipinski definition) is 3. The summed E-state index contributed by atoms with van der Waals surface area (Å²) in [6.45, 7) is 0. The first kappa shape index (κ1) is 19.0. The van der Waals surface area contributed by atoms with E-state index in [2.05, 4.69) is 5.32 Å². The number of rotatable bonds is 6. The van der Waals surface area contributed by atoms with Crippen molar-refractivity contribution < 1.29 is 4.79 Å². The third-order valence-electron chi connectivity index (χ3n) is 3.58. The van der Waals surface area contributed by atoms with Gasteiger partial charge in [-0.25, -0.2) is 0 Å². The van der Waals surface area contributed by atoms with Crippen molar-refractivity contribution in [2.75, 3.05) is 24.3 Å². The average molecular weight is 334 g/mol. The number of amides is 1. The Kier molecular flexibility index (Phi) is 7.59. The fourth-order valence-electron chi connectivity index (χ4n) is 2.22. The molecule has 3 N–H and O–H groups in total. The number of nitrogens with two attached hydrogens (primary N) is 1. The Bertz CT molecular complexity index is 599. The van der Waals surface area contributed by atoms with Gasteiger partial charge < -0.3 is 16.0 Å². The Hall–Kier alpha value is -2.04. The molecule has 0 aromatic heterocycles. The maximum atomic E-state index is 12.0. The van der Waals surface area contributed by atoms with Crippen molar-refractivity contribution in [2.24, 2.45) is 5.73 Å². The molecular weight excluding hydrogens is 310 g/mol. The molecule has 0 radical (unpaired) electrons.